The van der Waals surface area contributed by atoms with Crippen LogP contribution in [0.5, 0.6) is 11.6 Å². The minimum absolute atomic E-state index is 0.436. The van der Waals surface area contributed by atoms with Gasteiger partial charge < -0.3 is 9.84 Å². The molecule has 0 bridgehead atoms. The van der Waals surface area contributed by atoms with Crippen molar-refractivity contribution in [3.05, 3.63) is 53.7 Å². The van der Waals surface area contributed by atoms with Gasteiger partial charge in [-0.3, -0.25) is 0 Å². The first-order valence-corrected chi connectivity index (χ1v) is 7.02. The molecule has 0 aliphatic rings. The summed E-state index contributed by atoms with van der Waals surface area (Å²) in [6, 6.07) is 11.6. The van der Waals surface area contributed by atoms with Crippen molar-refractivity contribution in [3.63, 3.8) is 0 Å². The van der Waals surface area contributed by atoms with Gasteiger partial charge in [0.2, 0.25) is 5.88 Å². The average molecular weight is 271 g/mol. The lowest BCUT2D eigenvalue weighted by Gasteiger charge is -2.15. The molecular formula is C17H21NO2. The van der Waals surface area contributed by atoms with E-state index in [2.05, 4.69) is 24.9 Å². The van der Waals surface area contributed by atoms with E-state index in [-0.39, 0.29) is 0 Å². The lowest BCUT2D eigenvalue weighted by atomic mass is 9.98. The van der Waals surface area contributed by atoms with E-state index in [1.807, 2.05) is 18.2 Å². The molecule has 1 N–H and O–H groups in total. The number of ether oxygens (including phenoxy) is 1. The highest BCUT2D eigenvalue weighted by Crippen LogP contribution is 2.31. The highest BCUT2D eigenvalue weighted by atomic mass is 16.5. The highest BCUT2D eigenvalue weighted by molar-refractivity contribution is 5.38. The number of aromatic nitrogens is 1. The van der Waals surface area contributed by atoms with Crippen LogP contribution >= 0.6 is 0 Å². The smallest absolute Gasteiger partial charge is 0.219 e. The molecule has 0 aliphatic carbocycles. The van der Waals surface area contributed by atoms with E-state index in [4.69, 9.17) is 4.74 Å². The maximum Gasteiger partial charge on any atom is 0.219 e. The summed E-state index contributed by atoms with van der Waals surface area (Å²) in [6.45, 7) is 6.07. The number of para-hydroxylation sites is 1. The van der Waals surface area contributed by atoms with Crippen molar-refractivity contribution in [1.29, 1.82) is 0 Å². The number of aliphatic hydroxyl groups excluding tert-OH is 1. The Morgan fingerprint density at radius 2 is 1.95 bits per heavy atom. The Bertz CT molecular complexity index is 566. The summed E-state index contributed by atoms with van der Waals surface area (Å²) in [4.78, 5) is 4.21. The SMILES string of the molecule is CCC(C)c1ccccc1Oc1cc(C(C)O)ccn1. The van der Waals surface area contributed by atoms with E-state index in [0.29, 0.717) is 11.8 Å². The van der Waals surface area contributed by atoms with Crippen molar-refractivity contribution in [2.45, 2.75) is 39.2 Å². The van der Waals surface area contributed by atoms with Crippen LogP contribution < -0.4 is 4.74 Å². The molecule has 1 aromatic heterocycles. The molecule has 0 aliphatic heterocycles. The molecule has 0 amide bonds. The molecule has 106 valence electrons. The number of aliphatic hydroxyl groups is 1. The zero-order valence-electron chi connectivity index (χ0n) is 12.2. The largest absolute Gasteiger partial charge is 0.439 e. The normalized spacial score (nSPS) is 13.8. The Balaban J connectivity index is 2.28. The van der Waals surface area contributed by atoms with Crippen LogP contribution in [-0.4, -0.2) is 10.1 Å². The summed E-state index contributed by atoms with van der Waals surface area (Å²) in [5.41, 5.74) is 1.98. The van der Waals surface area contributed by atoms with Gasteiger partial charge in [-0.05, 0) is 42.5 Å². The third kappa shape index (κ3) is 3.36. The van der Waals surface area contributed by atoms with Gasteiger partial charge in [0.1, 0.15) is 5.75 Å². The molecular weight excluding hydrogens is 250 g/mol. The predicted molar refractivity (Wildman–Crippen MR) is 80.1 cm³/mol. The van der Waals surface area contributed by atoms with E-state index < -0.39 is 6.10 Å². The van der Waals surface area contributed by atoms with Gasteiger partial charge in [0.25, 0.3) is 0 Å². The van der Waals surface area contributed by atoms with Gasteiger partial charge in [-0.2, -0.15) is 0 Å². The third-order valence-corrected chi connectivity index (χ3v) is 3.52. The number of pyridine rings is 1. The fourth-order valence-electron chi connectivity index (χ4n) is 2.05. The van der Waals surface area contributed by atoms with Crippen LogP contribution in [-0.2, 0) is 0 Å². The molecule has 3 nitrogen and oxygen atoms in total. The first kappa shape index (κ1) is 14.5. The van der Waals surface area contributed by atoms with Gasteiger partial charge in [-0.25, -0.2) is 4.98 Å². The van der Waals surface area contributed by atoms with Gasteiger partial charge in [-0.15, -0.1) is 0 Å². The van der Waals surface area contributed by atoms with Crippen molar-refractivity contribution in [3.8, 4) is 11.6 Å². The minimum Gasteiger partial charge on any atom is -0.439 e. The molecule has 2 unspecified atom stereocenters. The van der Waals surface area contributed by atoms with E-state index in [9.17, 15) is 5.11 Å². The van der Waals surface area contributed by atoms with Gasteiger partial charge in [0, 0.05) is 12.3 Å². The Morgan fingerprint density at radius 1 is 1.20 bits per heavy atom. The number of hydrogen-bond acceptors (Lipinski definition) is 3. The Labute approximate surface area is 120 Å². The van der Waals surface area contributed by atoms with Crippen molar-refractivity contribution in [2.75, 3.05) is 0 Å². The fraction of sp³-hybridized carbons (Fsp3) is 0.353. The first-order chi connectivity index (χ1) is 9.61. The Hall–Kier alpha value is -1.87. The number of benzene rings is 1. The molecule has 0 spiro atoms. The van der Waals surface area contributed by atoms with Crippen LogP contribution in [0.2, 0.25) is 0 Å². The molecule has 3 heteroatoms. The molecule has 20 heavy (non-hydrogen) atoms. The number of rotatable bonds is 5. The maximum absolute atomic E-state index is 9.61. The zero-order chi connectivity index (χ0) is 14.5. The molecule has 2 atom stereocenters. The summed E-state index contributed by atoms with van der Waals surface area (Å²) in [6.07, 6.45) is 2.19. The van der Waals surface area contributed by atoms with Crippen molar-refractivity contribution in [2.24, 2.45) is 0 Å². The van der Waals surface area contributed by atoms with Gasteiger partial charge in [-0.1, -0.05) is 32.0 Å². The highest BCUT2D eigenvalue weighted by Gasteiger charge is 2.11. The van der Waals surface area contributed by atoms with Crippen molar-refractivity contribution >= 4 is 0 Å². The van der Waals surface area contributed by atoms with Crippen LogP contribution in [0.4, 0.5) is 0 Å². The average Bonchev–Trinajstić information content (AvgIpc) is 2.47. The molecule has 2 aromatic rings. The molecule has 1 aromatic carbocycles. The first-order valence-electron chi connectivity index (χ1n) is 7.02. The molecule has 0 radical (unpaired) electrons. The second-order valence-electron chi connectivity index (χ2n) is 5.05. The second kappa shape index (κ2) is 6.53. The monoisotopic (exact) mass is 271 g/mol. The summed E-state index contributed by atoms with van der Waals surface area (Å²) < 4.78 is 5.90. The van der Waals surface area contributed by atoms with Gasteiger partial charge in [0.05, 0.1) is 6.10 Å². The lowest BCUT2D eigenvalue weighted by Crippen LogP contribution is -1.98. The van der Waals surface area contributed by atoms with Crippen molar-refractivity contribution in [1.82, 2.24) is 4.98 Å². The molecule has 2 rings (SSSR count). The predicted octanol–water partition coefficient (Wildman–Crippen LogP) is 4.44. The van der Waals surface area contributed by atoms with Crippen LogP contribution in [0.25, 0.3) is 0 Å². The topological polar surface area (TPSA) is 42.4 Å². The van der Waals surface area contributed by atoms with Crippen LogP contribution in [0.15, 0.2) is 42.6 Å². The fourth-order valence-corrected chi connectivity index (χ4v) is 2.05. The second-order valence-corrected chi connectivity index (χ2v) is 5.05. The quantitative estimate of drug-likeness (QED) is 0.874. The van der Waals surface area contributed by atoms with Gasteiger partial charge in [0.15, 0.2) is 0 Å². The summed E-state index contributed by atoms with van der Waals surface area (Å²) >= 11 is 0. The van der Waals surface area contributed by atoms with Crippen LogP contribution in [0.3, 0.4) is 0 Å². The molecule has 0 fully saturated rings. The number of nitrogens with zero attached hydrogens (tertiary/aromatic N) is 1. The summed E-state index contributed by atoms with van der Waals surface area (Å²) in [5, 5.41) is 9.61. The minimum atomic E-state index is -0.523. The molecule has 0 saturated heterocycles. The van der Waals surface area contributed by atoms with E-state index >= 15 is 0 Å². The maximum atomic E-state index is 9.61. The van der Waals surface area contributed by atoms with E-state index in [1.165, 1.54) is 5.56 Å². The van der Waals surface area contributed by atoms with E-state index in [0.717, 1.165) is 17.7 Å². The Kier molecular flexibility index (Phi) is 4.74. The summed E-state index contributed by atoms with van der Waals surface area (Å²) in [7, 11) is 0. The van der Waals surface area contributed by atoms with E-state index in [1.54, 1.807) is 25.3 Å². The molecule has 1 heterocycles. The zero-order valence-corrected chi connectivity index (χ0v) is 12.2. The van der Waals surface area contributed by atoms with Crippen molar-refractivity contribution < 1.29 is 9.84 Å². The lowest BCUT2D eigenvalue weighted by molar-refractivity contribution is 0.198. The number of hydrogen-bond donors (Lipinski definition) is 1. The standard InChI is InChI=1S/C17H21NO2/c1-4-12(2)15-7-5-6-8-16(15)20-17-11-14(13(3)19)9-10-18-17/h5-13,19H,4H2,1-3H3. The van der Waals surface area contributed by atoms with Gasteiger partial charge >= 0.3 is 0 Å². The third-order valence-electron chi connectivity index (χ3n) is 3.52. The molecule has 0 saturated carbocycles. The van der Waals surface area contributed by atoms with Crippen LogP contribution in [0.1, 0.15) is 50.3 Å². The van der Waals surface area contributed by atoms with Crippen LogP contribution in [0, 0.1) is 0 Å². The summed E-state index contributed by atoms with van der Waals surface area (Å²) in [5.74, 6) is 1.78. The Morgan fingerprint density at radius 3 is 2.65 bits per heavy atom.